The van der Waals surface area contributed by atoms with Crippen molar-refractivity contribution in [1.82, 2.24) is 4.98 Å². The van der Waals surface area contributed by atoms with Crippen molar-refractivity contribution in [1.29, 1.82) is 0 Å². The van der Waals surface area contributed by atoms with Gasteiger partial charge in [-0.1, -0.05) is 12.2 Å². The molecule has 0 unspecified atom stereocenters. The predicted molar refractivity (Wildman–Crippen MR) is 82.7 cm³/mol. The fourth-order valence-electron chi connectivity index (χ4n) is 2.41. The Hall–Kier alpha value is -1.88. The van der Waals surface area contributed by atoms with Gasteiger partial charge in [-0.25, -0.2) is 9.78 Å². The van der Waals surface area contributed by atoms with Crippen LogP contribution in [0, 0.1) is 6.92 Å². The van der Waals surface area contributed by atoms with Crippen molar-refractivity contribution in [3.8, 4) is 0 Å². The van der Waals surface area contributed by atoms with E-state index in [4.69, 9.17) is 9.47 Å². The number of rotatable bonds is 4. The van der Waals surface area contributed by atoms with Gasteiger partial charge in [0.15, 0.2) is 0 Å². The lowest BCUT2D eigenvalue weighted by molar-refractivity contribution is 0.0524. The summed E-state index contributed by atoms with van der Waals surface area (Å²) in [6.07, 6.45) is 3.84. The molecule has 21 heavy (non-hydrogen) atoms. The van der Waals surface area contributed by atoms with Gasteiger partial charge in [0.2, 0.25) is 0 Å². The summed E-state index contributed by atoms with van der Waals surface area (Å²) in [7, 11) is 0. The first kappa shape index (κ1) is 15.5. The van der Waals surface area contributed by atoms with Crippen LogP contribution in [-0.4, -0.2) is 43.9 Å². The molecule has 2 heterocycles. The number of carbonyl (C=O) groups is 1. The highest BCUT2D eigenvalue weighted by atomic mass is 16.5. The number of anilines is 1. The fourth-order valence-corrected chi connectivity index (χ4v) is 2.41. The molecular formula is C16H22N2O3. The Bertz CT molecular complexity index is 535. The number of aromatic nitrogens is 1. The molecule has 0 aliphatic carbocycles. The molecule has 1 aromatic heterocycles. The van der Waals surface area contributed by atoms with E-state index < -0.39 is 0 Å². The number of hydrogen-bond donors (Lipinski definition) is 0. The second kappa shape index (κ2) is 7.22. The number of allylic oxidation sites excluding steroid dienone is 1. The van der Waals surface area contributed by atoms with E-state index in [1.165, 1.54) is 0 Å². The number of carbonyl (C=O) groups excluding carboxylic acids is 1. The molecule has 2 rings (SSSR count). The van der Waals surface area contributed by atoms with Crippen LogP contribution in [0.25, 0.3) is 6.08 Å². The third kappa shape index (κ3) is 3.61. The van der Waals surface area contributed by atoms with Crippen LogP contribution in [-0.2, 0) is 9.47 Å². The standard InChI is InChI=1S/C16H22N2O3/c1-4-6-13-11-14(18-7-9-20-10-8-18)17-12(3)15(13)16(19)21-5-2/h4,6,11H,5,7-10H2,1-3H3/b6-4+. The summed E-state index contributed by atoms with van der Waals surface area (Å²) in [5, 5.41) is 0. The molecule has 5 nitrogen and oxygen atoms in total. The SMILES string of the molecule is C/C=C/c1cc(N2CCOCC2)nc(C)c1C(=O)OCC. The summed E-state index contributed by atoms with van der Waals surface area (Å²) < 4.78 is 10.5. The number of pyridine rings is 1. The zero-order valence-corrected chi connectivity index (χ0v) is 12.9. The first-order valence-corrected chi connectivity index (χ1v) is 7.31. The normalized spacial score (nSPS) is 15.5. The highest BCUT2D eigenvalue weighted by molar-refractivity contribution is 5.95. The van der Waals surface area contributed by atoms with Gasteiger partial charge < -0.3 is 14.4 Å². The lowest BCUT2D eigenvalue weighted by Gasteiger charge is -2.28. The van der Waals surface area contributed by atoms with E-state index >= 15 is 0 Å². The van der Waals surface area contributed by atoms with Gasteiger partial charge >= 0.3 is 5.97 Å². The molecule has 0 aromatic carbocycles. The van der Waals surface area contributed by atoms with Crippen LogP contribution in [0.15, 0.2) is 12.1 Å². The molecule has 0 radical (unpaired) electrons. The Labute approximate surface area is 125 Å². The highest BCUT2D eigenvalue weighted by Gasteiger charge is 2.20. The smallest absolute Gasteiger partial charge is 0.340 e. The maximum atomic E-state index is 12.1. The Morgan fingerprint density at radius 3 is 2.81 bits per heavy atom. The van der Waals surface area contributed by atoms with Gasteiger partial charge in [-0.15, -0.1) is 0 Å². The molecule has 1 aromatic rings. The molecule has 1 fully saturated rings. The first-order chi connectivity index (χ1) is 10.2. The van der Waals surface area contributed by atoms with Gasteiger partial charge in [-0.2, -0.15) is 0 Å². The largest absolute Gasteiger partial charge is 0.462 e. The van der Waals surface area contributed by atoms with Crippen LogP contribution in [0.1, 0.15) is 35.5 Å². The zero-order valence-electron chi connectivity index (χ0n) is 12.9. The summed E-state index contributed by atoms with van der Waals surface area (Å²) in [6, 6.07) is 1.95. The number of morpholine rings is 1. The Kier molecular flexibility index (Phi) is 5.33. The number of hydrogen-bond acceptors (Lipinski definition) is 5. The van der Waals surface area contributed by atoms with Crippen LogP contribution in [0.3, 0.4) is 0 Å². The molecule has 0 bridgehead atoms. The Morgan fingerprint density at radius 1 is 1.48 bits per heavy atom. The number of ether oxygens (including phenoxy) is 2. The van der Waals surface area contributed by atoms with Crippen molar-refractivity contribution in [2.75, 3.05) is 37.8 Å². The molecule has 0 N–H and O–H groups in total. The topological polar surface area (TPSA) is 51.7 Å². The molecule has 0 amide bonds. The lowest BCUT2D eigenvalue weighted by Crippen LogP contribution is -2.37. The van der Waals surface area contributed by atoms with E-state index in [0.717, 1.165) is 24.5 Å². The maximum absolute atomic E-state index is 12.1. The quantitative estimate of drug-likeness (QED) is 0.797. The third-order valence-electron chi connectivity index (χ3n) is 3.38. The Morgan fingerprint density at radius 2 is 2.19 bits per heavy atom. The summed E-state index contributed by atoms with van der Waals surface area (Å²) in [6.45, 7) is 9.00. The van der Waals surface area contributed by atoms with Gasteiger partial charge in [0.25, 0.3) is 0 Å². The van der Waals surface area contributed by atoms with Gasteiger partial charge in [0.05, 0.1) is 31.1 Å². The van der Waals surface area contributed by atoms with Crippen LogP contribution >= 0.6 is 0 Å². The zero-order chi connectivity index (χ0) is 15.2. The molecule has 1 aliphatic heterocycles. The highest BCUT2D eigenvalue weighted by Crippen LogP contribution is 2.23. The van der Waals surface area contributed by atoms with Crippen LogP contribution in [0.4, 0.5) is 5.82 Å². The minimum Gasteiger partial charge on any atom is -0.462 e. The van der Waals surface area contributed by atoms with E-state index in [1.807, 2.05) is 32.1 Å². The van der Waals surface area contributed by atoms with Crippen molar-refractivity contribution in [3.05, 3.63) is 29.0 Å². The molecule has 1 aliphatic rings. The van der Waals surface area contributed by atoms with Crippen LogP contribution in [0.2, 0.25) is 0 Å². The molecule has 0 saturated carbocycles. The Balaban J connectivity index is 2.40. The molecule has 1 saturated heterocycles. The van der Waals surface area contributed by atoms with Crippen LogP contribution < -0.4 is 4.90 Å². The number of aryl methyl sites for hydroxylation is 1. The predicted octanol–water partition coefficient (Wildman–Crippen LogP) is 2.44. The van der Waals surface area contributed by atoms with E-state index in [1.54, 1.807) is 6.92 Å². The molecule has 5 heteroatoms. The monoisotopic (exact) mass is 290 g/mol. The van der Waals surface area contributed by atoms with Crippen molar-refractivity contribution in [2.24, 2.45) is 0 Å². The van der Waals surface area contributed by atoms with Gasteiger partial charge in [0, 0.05) is 13.1 Å². The summed E-state index contributed by atoms with van der Waals surface area (Å²) >= 11 is 0. The average molecular weight is 290 g/mol. The molecule has 114 valence electrons. The van der Waals surface area contributed by atoms with E-state index in [9.17, 15) is 4.79 Å². The van der Waals surface area contributed by atoms with Crippen molar-refractivity contribution in [2.45, 2.75) is 20.8 Å². The van der Waals surface area contributed by atoms with Gasteiger partial charge in [-0.3, -0.25) is 0 Å². The summed E-state index contributed by atoms with van der Waals surface area (Å²) in [4.78, 5) is 18.9. The van der Waals surface area contributed by atoms with E-state index in [-0.39, 0.29) is 5.97 Å². The lowest BCUT2D eigenvalue weighted by atomic mass is 10.1. The average Bonchev–Trinajstić information content (AvgIpc) is 2.48. The van der Waals surface area contributed by atoms with Gasteiger partial charge in [-0.05, 0) is 32.4 Å². The second-order valence-electron chi connectivity index (χ2n) is 4.85. The number of nitrogens with zero attached hydrogens (tertiary/aromatic N) is 2. The maximum Gasteiger partial charge on any atom is 0.340 e. The van der Waals surface area contributed by atoms with Gasteiger partial charge in [0.1, 0.15) is 5.82 Å². The molecular weight excluding hydrogens is 268 g/mol. The van der Waals surface area contributed by atoms with Crippen molar-refractivity contribution < 1.29 is 14.3 Å². The fraction of sp³-hybridized carbons (Fsp3) is 0.500. The second-order valence-corrected chi connectivity index (χ2v) is 4.85. The summed E-state index contributed by atoms with van der Waals surface area (Å²) in [5.41, 5.74) is 2.10. The third-order valence-corrected chi connectivity index (χ3v) is 3.38. The van der Waals surface area contributed by atoms with E-state index in [2.05, 4.69) is 9.88 Å². The van der Waals surface area contributed by atoms with Crippen molar-refractivity contribution >= 4 is 17.9 Å². The van der Waals surface area contributed by atoms with Crippen molar-refractivity contribution in [3.63, 3.8) is 0 Å². The van der Waals surface area contributed by atoms with Crippen LogP contribution in [0.5, 0.6) is 0 Å². The number of esters is 1. The first-order valence-electron chi connectivity index (χ1n) is 7.31. The minimum absolute atomic E-state index is 0.316. The van der Waals surface area contributed by atoms with E-state index in [0.29, 0.717) is 31.1 Å². The molecule has 0 spiro atoms. The minimum atomic E-state index is -0.316. The molecule has 0 atom stereocenters. The summed E-state index contributed by atoms with van der Waals surface area (Å²) in [5.74, 6) is 0.570.